The third-order valence-corrected chi connectivity index (χ3v) is 7.31. The molecule has 0 amide bonds. The molecule has 1 aliphatic rings. The summed E-state index contributed by atoms with van der Waals surface area (Å²) in [5, 5.41) is 21.3. The minimum Gasteiger partial charge on any atom is -0.285 e. The Balaban J connectivity index is 1.48. The van der Waals surface area contributed by atoms with Gasteiger partial charge in [-0.3, -0.25) is 5.10 Å². The van der Waals surface area contributed by atoms with Crippen molar-refractivity contribution in [3.05, 3.63) is 118 Å². The molecule has 1 fully saturated rings. The van der Waals surface area contributed by atoms with Gasteiger partial charge in [-0.05, 0) is 81.1 Å². The first kappa shape index (κ1) is 24.0. The van der Waals surface area contributed by atoms with Gasteiger partial charge in [-0.1, -0.05) is 78.7 Å². The summed E-state index contributed by atoms with van der Waals surface area (Å²) >= 11 is 6.66. The average molecular weight is 523 g/mol. The number of nitrogens with one attached hydrogen (secondary N) is 2. The lowest BCUT2D eigenvalue weighted by molar-refractivity contribution is 0.401. The van der Waals surface area contributed by atoms with E-state index in [0.717, 1.165) is 57.4 Å². The Bertz CT molecular complexity index is 1580. The van der Waals surface area contributed by atoms with E-state index in [1.165, 1.54) is 18.6 Å². The molecule has 2 N–H and O–H groups in total. The molecule has 0 radical (unpaired) electrons. The summed E-state index contributed by atoms with van der Waals surface area (Å²) in [5.74, 6) is 0.528. The number of benzene rings is 3. The lowest BCUT2D eigenvalue weighted by atomic mass is 9.73. The fourth-order valence-electron chi connectivity index (χ4n) is 4.85. The van der Waals surface area contributed by atoms with Gasteiger partial charge >= 0.3 is 0 Å². The zero-order valence-electron chi connectivity index (χ0n) is 20.4. The molecular formula is C30H24ClFN6. The van der Waals surface area contributed by atoms with Crippen LogP contribution in [-0.2, 0) is 0 Å². The standard InChI is InChI=1S/C30H24ClFN6/c31-27-16-25(32)13-14-26(27)30(21-2-1-3-21)29(23-11-9-20(10-12-23)24-17-33-34-18-24)22-7-4-19(5-8-22)6-15-28-35-37-38-36-28/h4-18,21H,1-3H2,(H,33,34)(H,35,36,37,38)/b15-6+,30-29+. The monoisotopic (exact) mass is 522 g/mol. The number of tetrazole rings is 1. The SMILES string of the molecule is Fc1ccc(/C(=C(\c2ccc(/C=C/c3nn[nH]n3)cc2)c2ccc(-c3cn[nH]c3)cc2)C2CCC2)c(Cl)c1. The van der Waals surface area contributed by atoms with Crippen molar-refractivity contribution in [1.82, 2.24) is 30.8 Å². The van der Waals surface area contributed by atoms with Gasteiger partial charge in [-0.15, -0.1) is 10.2 Å². The van der Waals surface area contributed by atoms with E-state index in [4.69, 9.17) is 11.6 Å². The first-order valence-corrected chi connectivity index (χ1v) is 12.8. The molecule has 0 spiro atoms. The number of aromatic amines is 2. The second-order valence-electron chi connectivity index (χ2n) is 9.33. The van der Waals surface area contributed by atoms with Gasteiger partial charge in [0, 0.05) is 11.8 Å². The molecular weight excluding hydrogens is 499 g/mol. The highest BCUT2D eigenvalue weighted by atomic mass is 35.5. The van der Waals surface area contributed by atoms with Crippen LogP contribution in [0.1, 0.15) is 47.3 Å². The average Bonchev–Trinajstić information content (AvgIpc) is 3.62. The fourth-order valence-corrected chi connectivity index (χ4v) is 5.12. The summed E-state index contributed by atoms with van der Waals surface area (Å²) in [4.78, 5) is 0. The van der Waals surface area contributed by atoms with Crippen LogP contribution in [0.4, 0.5) is 4.39 Å². The van der Waals surface area contributed by atoms with Gasteiger partial charge in [0.2, 0.25) is 0 Å². The van der Waals surface area contributed by atoms with Crippen LogP contribution in [-0.4, -0.2) is 30.8 Å². The molecule has 0 bridgehead atoms. The van der Waals surface area contributed by atoms with Gasteiger partial charge in [0.05, 0.1) is 11.2 Å². The molecule has 2 heterocycles. The Labute approximate surface area is 224 Å². The van der Waals surface area contributed by atoms with Crippen molar-refractivity contribution in [3.8, 4) is 11.1 Å². The van der Waals surface area contributed by atoms with Crippen LogP contribution in [0.3, 0.4) is 0 Å². The van der Waals surface area contributed by atoms with Gasteiger partial charge in [0.25, 0.3) is 0 Å². The Kier molecular flexibility index (Phi) is 6.67. The second kappa shape index (κ2) is 10.6. The van der Waals surface area contributed by atoms with E-state index in [9.17, 15) is 4.39 Å². The van der Waals surface area contributed by atoms with Crippen molar-refractivity contribution in [2.75, 3.05) is 0 Å². The summed E-state index contributed by atoms with van der Waals surface area (Å²) in [5.41, 5.74) is 8.41. The number of rotatable bonds is 7. The topological polar surface area (TPSA) is 83.1 Å². The van der Waals surface area contributed by atoms with Crippen molar-refractivity contribution in [2.45, 2.75) is 19.3 Å². The van der Waals surface area contributed by atoms with Crippen LogP contribution in [0.15, 0.2) is 79.1 Å². The Morgan fingerprint density at radius 3 is 2.29 bits per heavy atom. The molecule has 6 rings (SSSR count). The lowest BCUT2D eigenvalue weighted by Gasteiger charge is -2.32. The maximum Gasteiger partial charge on any atom is 0.197 e. The quantitative estimate of drug-likeness (QED) is 0.219. The maximum atomic E-state index is 14.0. The van der Waals surface area contributed by atoms with Crippen molar-refractivity contribution < 1.29 is 4.39 Å². The Hall–Kier alpha value is -4.36. The van der Waals surface area contributed by atoms with Crippen molar-refractivity contribution in [1.29, 1.82) is 0 Å². The van der Waals surface area contributed by atoms with E-state index in [0.29, 0.717) is 16.8 Å². The van der Waals surface area contributed by atoms with Crippen LogP contribution in [0, 0.1) is 11.7 Å². The lowest BCUT2D eigenvalue weighted by Crippen LogP contribution is -2.15. The van der Waals surface area contributed by atoms with Crippen molar-refractivity contribution >= 4 is 34.9 Å². The van der Waals surface area contributed by atoms with Gasteiger partial charge in [0.1, 0.15) is 5.82 Å². The van der Waals surface area contributed by atoms with Crippen LogP contribution in [0.25, 0.3) is 34.4 Å². The van der Waals surface area contributed by atoms with Gasteiger partial charge in [-0.2, -0.15) is 10.3 Å². The minimum atomic E-state index is -0.338. The van der Waals surface area contributed by atoms with E-state index in [1.54, 1.807) is 0 Å². The van der Waals surface area contributed by atoms with Gasteiger partial charge < -0.3 is 0 Å². The summed E-state index contributed by atoms with van der Waals surface area (Å²) in [6, 6.07) is 21.6. The summed E-state index contributed by atoms with van der Waals surface area (Å²) in [6.07, 6.45) is 10.8. The smallest absolute Gasteiger partial charge is 0.197 e. The third-order valence-electron chi connectivity index (χ3n) is 7.00. The zero-order chi connectivity index (χ0) is 25.9. The molecule has 1 saturated carbocycles. The Morgan fingerprint density at radius 1 is 0.921 bits per heavy atom. The van der Waals surface area contributed by atoms with E-state index >= 15 is 0 Å². The van der Waals surface area contributed by atoms with E-state index < -0.39 is 0 Å². The predicted octanol–water partition coefficient (Wildman–Crippen LogP) is 7.31. The van der Waals surface area contributed by atoms with Crippen molar-refractivity contribution in [3.63, 3.8) is 0 Å². The second-order valence-corrected chi connectivity index (χ2v) is 9.74. The molecule has 5 aromatic rings. The largest absolute Gasteiger partial charge is 0.285 e. The molecule has 3 aromatic carbocycles. The molecule has 0 unspecified atom stereocenters. The highest BCUT2D eigenvalue weighted by molar-refractivity contribution is 6.32. The van der Waals surface area contributed by atoms with Crippen LogP contribution < -0.4 is 0 Å². The van der Waals surface area contributed by atoms with Gasteiger partial charge in [0.15, 0.2) is 5.82 Å². The van der Waals surface area contributed by atoms with Crippen LogP contribution >= 0.6 is 11.6 Å². The number of hydrogen-bond acceptors (Lipinski definition) is 4. The molecule has 0 saturated heterocycles. The molecule has 0 atom stereocenters. The first-order valence-electron chi connectivity index (χ1n) is 12.5. The van der Waals surface area contributed by atoms with Gasteiger partial charge in [-0.25, -0.2) is 4.39 Å². The molecule has 38 heavy (non-hydrogen) atoms. The third kappa shape index (κ3) is 4.93. The number of halogens is 2. The van der Waals surface area contributed by atoms with Crippen LogP contribution in [0.5, 0.6) is 0 Å². The van der Waals surface area contributed by atoms with E-state index in [-0.39, 0.29) is 5.82 Å². The Morgan fingerprint density at radius 2 is 1.68 bits per heavy atom. The van der Waals surface area contributed by atoms with Crippen molar-refractivity contribution in [2.24, 2.45) is 5.92 Å². The molecule has 6 nitrogen and oxygen atoms in total. The zero-order valence-corrected chi connectivity index (χ0v) is 21.2. The summed E-state index contributed by atoms with van der Waals surface area (Å²) in [6.45, 7) is 0. The number of nitrogens with zero attached hydrogens (tertiary/aromatic N) is 4. The van der Waals surface area contributed by atoms with E-state index in [2.05, 4.69) is 79.4 Å². The molecule has 188 valence electrons. The number of H-pyrrole nitrogens is 2. The molecule has 8 heteroatoms. The molecule has 0 aliphatic heterocycles. The fraction of sp³-hybridized carbons (Fsp3) is 0.133. The molecule has 1 aliphatic carbocycles. The number of aromatic nitrogens is 6. The predicted molar refractivity (Wildman–Crippen MR) is 148 cm³/mol. The van der Waals surface area contributed by atoms with Crippen LogP contribution in [0.2, 0.25) is 5.02 Å². The molecule has 2 aromatic heterocycles. The number of hydrogen-bond donors (Lipinski definition) is 2. The number of allylic oxidation sites excluding steroid dienone is 1. The summed E-state index contributed by atoms with van der Waals surface area (Å²) in [7, 11) is 0. The minimum absolute atomic E-state index is 0.338. The maximum absolute atomic E-state index is 14.0. The normalized spacial score (nSPS) is 14.5. The summed E-state index contributed by atoms with van der Waals surface area (Å²) < 4.78 is 14.0. The van der Waals surface area contributed by atoms with E-state index in [1.807, 2.05) is 30.6 Å². The highest BCUT2D eigenvalue weighted by Crippen LogP contribution is 2.47. The highest BCUT2D eigenvalue weighted by Gasteiger charge is 2.28. The first-order chi connectivity index (χ1) is 18.7.